The Morgan fingerprint density at radius 1 is 1.43 bits per heavy atom. The van der Waals surface area contributed by atoms with Crippen LogP contribution in [-0.4, -0.2) is 30.1 Å². The van der Waals surface area contributed by atoms with Gasteiger partial charge in [-0.25, -0.2) is 0 Å². The van der Waals surface area contributed by atoms with Gasteiger partial charge in [0.15, 0.2) is 5.11 Å². The standard InChI is InChI=1S/C11H24N2S/c1-5-7-8-12-11(14)13(4)9-10(3)6-2/h10H,5-9H2,1-4H3,(H,12,14). The maximum Gasteiger partial charge on any atom is 0.168 e. The number of nitrogens with one attached hydrogen (secondary N) is 1. The lowest BCUT2D eigenvalue weighted by molar-refractivity contribution is 0.391. The van der Waals surface area contributed by atoms with Crippen molar-refractivity contribution in [3.8, 4) is 0 Å². The van der Waals surface area contributed by atoms with E-state index in [4.69, 9.17) is 12.2 Å². The molecule has 1 unspecified atom stereocenters. The Morgan fingerprint density at radius 2 is 2.07 bits per heavy atom. The van der Waals surface area contributed by atoms with E-state index in [9.17, 15) is 0 Å². The first-order chi connectivity index (χ1) is 6.61. The first kappa shape index (κ1) is 13.7. The first-order valence-electron chi connectivity index (χ1n) is 5.60. The molecule has 1 atom stereocenters. The number of hydrogen-bond donors (Lipinski definition) is 1. The fourth-order valence-corrected chi connectivity index (χ4v) is 1.36. The molecule has 0 fully saturated rings. The van der Waals surface area contributed by atoms with Gasteiger partial charge < -0.3 is 10.2 Å². The molecule has 0 amide bonds. The number of nitrogens with zero attached hydrogens (tertiary/aromatic N) is 1. The summed E-state index contributed by atoms with van der Waals surface area (Å²) in [4.78, 5) is 2.14. The number of unbranched alkanes of at least 4 members (excludes halogenated alkanes) is 1. The molecule has 0 aliphatic rings. The number of rotatable bonds is 6. The Kier molecular flexibility index (Phi) is 7.86. The van der Waals surface area contributed by atoms with Crippen LogP contribution in [0, 0.1) is 5.92 Å². The predicted molar refractivity (Wildman–Crippen MR) is 67.6 cm³/mol. The van der Waals surface area contributed by atoms with Gasteiger partial charge in [0.25, 0.3) is 0 Å². The zero-order chi connectivity index (χ0) is 11.0. The highest BCUT2D eigenvalue weighted by Gasteiger charge is 2.06. The molecule has 3 heteroatoms. The molecule has 0 aromatic heterocycles. The van der Waals surface area contributed by atoms with Gasteiger partial charge in [0.1, 0.15) is 0 Å². The van der Waals surface area contributed by atoms with Crippen molar-refractivity contribution in [2.75, 3.05) is 20.1 Å². The zero-order valence-electron chi connectivity index (χ0n) is 9.97. The summed E-state index contributed by atoms with van der Waals surface area (Å²) in [7, 11) is 2.06. The molecule has 0 bridgehead atoms. The predicted octanol–water partition coefficient (Wildman–Crippen LogP) is 2.64. The molecule has 0 saturated heterocycles. The Bertz CT molecular complexity index is 159. The largest absolute Gasteiger partial charge is 0.363 e. The average molecular weight is 216 g/mol. The van der Waals surface area contributed by atoms with Crippen LogP contribution in [0.2, 0.25) is 0 Å². The van der Waals surface area contributed by atoms with E-state index in [2.05, 4.69) is 38.0 Å². The van der Waals surface area contributed by atoms with Gasteiger partial charge in [0.05, 0.1) is 0 Å². The zero-order valence-corrected chi connectivity index (χ0v) is 10.8. The monoisotopic (exact) mass is 216 g/mol. The second-order valence-corrected chi connectivity index (χ2v) is 4.37. The van der Waals surface area contributed by atoms with Crippen molar-refractivity contribution in [2.24, 2.45) is 5.92 Å². The van der Waals surface area contributed by atoms with Crippen LogP contribution in [0.15, 0.2) is 0 Å². The summed E-state index contributed by atoms with van der Waals surface area (Å²) in [6.45, 7) is 8.71. The van der Waals surface area contributed by atoms with E-state index in [0.717, 1.165) is 18.2 Å². The number of hydrogen-bond acceptors (Lipinski definition) is 1. The topological polar surface area (TPSA) is 15.3 Å². The molecular weight excluding hydrogens is 192 g/mol. The quantitative estimate of drug-likeness (QED) is 0.543. The molecule has 84 valence electrons. The van der Waals surface area contributed by atoms with Gasteiger partial charge >= 0.3 is 0 Å². The van der Waals surface area contributed by atoms with Crippen LogP contribution in [0.4, 0.5) is 0 Å². The smallest absolute Gasteiger partial charge is 0.168 e. The van der Waals surface area contributed by atoms with E-state index in [1.165, 1.54) is 19.3 Å². The van der Waals surface area contributed by atoms with Crippen molar-refractivity contribution < 1.29 is 0 Å². The van der Waals surface area contributed by atoms with Crippen molar-refractivity contribution >= 4 is 17.3 Å². The summed E-state index contributed by atoms with van der Waals surface area (Å²) in [6, 6.07) is 0. The average Bonchev–Trinajstić information content (AvgIpc) is 2.17. The van der Waals surface area contributed by atoms with Crippen molar-refractivity contribution in [1.29, 1.82) is 0 Å². The lowest BCUT2D eigenvalue weighted by Crippen LogP contribution is -2.39. The van der Waals surface area contributed by atoms with Gasteiger partial charge in [-0.05, 0) is 24.6 Å². The fraction of sp³-hybridized carbons (Fsp3) is 0.909. The highest BCUT2D eigenvalue weighted by Crippen LogP contribution is 2.02. The molecule has 0 aliphatic heterocycles. The molecule has 0 aromatic carbocycles. The van der Waals surface area contributed by atoms with Crippen LogP contribution in [0.5, 0.6) is 0 Å². The van der Waals surface area contributed by atoms with E-state index in [-0.39, 0.29) is 0 Å². The van der Waals surface area contributed by atoms with Crippen LogP contribution < -0.4 is 5.32 Å². The summed E-state index contributed by atoms with van der Waals surface area (Å²) < 4.78 is 0. The highest BCUT2D eigenvalue weighted by atomic mass is 32.1. The van der Waals surface area contributed by atoms with Crippen LogP contribution >= 0.6 is 12.2 Å². The minimum atomic E-state index is 0.714. The van der Waals surface area contributed by atoms with E-state index >= 15 is 0 Å². The van der Waals surface area contributed by atoms with Gasteiger partial charge in [-0.2, -0.15) is 0 Å². The van der Waals surface area contributed by atoms with E-state index < -0.39 is 0 Å². The molecule has 0 heterocycles. The second kappa shape index (κ2) is 8.04. The molecule has 0 aromatic rings. The molecule has 2 nitrogen and oxygen atoms in total. The third kappa shape index (κ3) is 6.19. The Hall–Kier alpha value is -0.310. The lowest BCUT2D eigenvalue weighted by atomic mass is 10.1. The van der Waals surface area contributed by atoms with Crippen molar-refractivity contribution in [3.63, 3.8) is 0 Å². The van der Waals surface area contributed by atoms with E-state index in [1.54, 1.807) is 0 Å². The van der Waals surface area contributed by atoms with Crippen LogP contribution in [0.1, 0.15) is 40.0 Å². The maximum atomic E-state index is 5.27. The Labute approximate surface area is 94.1 Å². The minimum Gasteiger partial charge on any atom is -0.363 e. The molecule has 0 rings (SSSR count). The normalized spacial score (nSPS) is 12.3. The molecule has 0 radical (unpaired) electrons. The molecule has 14 heavy (non-hydrogen) atoms. The molecule has 0 spiro atoms. The lowest BCUT2D eigenvalue weighted by Gasteiger charge is -2.23. The molecule has 1 N–H and O–H groups in total. The van der Waals surface area contributed by atoms with Gasteiger partial charge in [-0.15, -0.1) is 0 Å². The molecule has 0 saturated carbocycles. The van der Waals surface area contributed by atoms with Gasteiger partial charge in [-0.3, -0.25) is 0 Å². The van der Waals surface area contributed by atoms with Crippen molar-refractivity contribution in [3.05, 3.63) is 0 Å². The third-order valence-electron chi connectivity index (χ3n) is 2.44. The second-order valence-electron chi connectivity index (χ2n) is 3.98. The van der Waals surface area contributed by atoms with Crippen molar-refractivity contribution in [1.82, 2.24) is 10.2 Å². The Balaban J connectivity index is 3.64. The first-order valence-corrected chi connectivity index (χ1v) is 6.01. The van der Waals surface area contributed by atoms with Crippen LogP contribution in [-0.2, 0) is 0 Å². The van der Waals surface area contributed by atoms with Gasteiger partial charge in [-0.1, -0.05) is 33.6 Å². The summed E-state index contributed by atoms with van der Waals surface area (Å²) in [5.41, 5.74) is 0. The molecular formula is C11H24N2S. The third-order valence-corrected chi connectivity index (χ3v) is 2.89. The van der Waals surface area contributed by atoms with Gasteiger partial charge in [0, 0.05) is 20.1 Å². The summed E-state index contributed by atoms with van der Waals surface area (Å²) in [6.07, 6.45) is 3.61. The number of thiocarbonyl (C=S) groups is 1. The van der Waals surface area contributed by atoms with E-state index in [0.29, 0.717) is 5.92 Å². The summed E-state index contributed by atoms with van der Waals surface area (Å²) in [5, 5.41) is 4.16. The van der Waals surface area contributed by atoms with Gasteiger partial charge in [0.2, 0.25) is 0 Å². The van der Waals surface area contributed by atoms with Crippen LogP contribution in [0.3, 0.4) is 0 Å². The van der Waals surface area contributed by atoms with E-state index in [1.807, 2.05) is 0 Å². The van der Waals surface area contributed by atoms with Crippen molar-refractivity contribution in [2.45, 2.75) is 40.0 Å². The Morgan fingerprint density at radius 3 is 2.57 bits per heavy atom. The van der Waals surface area contributed by atoms with Crippen LogP contribution in [0.25, 0.3) is 0 Å². The fourth-order valence-electron chi connectivity index (χ4n) is 1.19. The minimum absolute atomic E-state index is 0.714. The molecule has 0 aliphatic carbocycles. The highest BCUT2D eigenvalue weighted by molar-refractivity contribution is 7.80. The summed E-state index contributed by atoms with van der Waals surface area (Å²) >= 11 is 5.27. The summed E-state index contributed by atoms with van der Waals surface area (Å²) in [5.74, 6) is 0.714. The SMILES string of the molecule is CCCCNC(=S)N(C)CC(C)CC. The maximum absolute atomic E-state index is 5.27.